The van der Waals surface area contributed by atoms with E-state index in [2.05, 4.69) is 18.4 Å². The fraction of sp³-hybridized carbons (Fsp3) is 0.556. The normalized spacial score (nSPS) is 5.78. The second-order valence-corrected chi connectivity index (χ2v) is 1.56. The van der Waals surface area contributed by atoms with Gasteiger partial charge in [-0.3, -0.25) is 0 Å². The van der Waals surface area contributed by atoms with Gasteiger partial charge in [-0.1, -0.05) is 31.9 Å². The molecule has 0 rings (SSSR count). The van der Waals surface area contributed by atoms with Crippen LogP contribution in [0.5, 0.6) is 0 Å². The van der Waals surface area contributed by atoms with Crippen molar-refractivity contribution in [1.82, 2.24) is 0 Å². The minimum absolute atomic E-state index is 0. The first-order chi connectivity index (χ1) is 4.27. The maximum Gasteiger partial charge on any atom is 0.0293 e. The molecule has 0 spiro atoms. The van der Waals surface area contributed by atoms with Crippen molar-refractivity contribution in [1.29, 1.82) is 0 Å². The molecular formula is C9H18. The van der Waals surface area contributed by atoms with Crippen molar-refractivity contribution in [2.45, 2.75) is 34.1 Å². The Morgan fingerprint density at radius 3 is 2.11 bits per heavy atom. The van der Waals surface area contributed by atoms with E-state index in [1.165, 1.54) is 0 Å². The minimum Gasteiger partial charge on any atom is -0.106 e. The molecule has 0 aliphatic heterocycles. The zero-order chi connectivity index (χ0) is 7.70. The predicted octanol–water partition coefficient (Wildman–Crippen LogP) is 3.25. The van der Waals surface area contributed by atoms with Gasteiger partial charge in [0.2, 0.25) is 0 Å². The number of allylic oxidation sites excluding steroid dienone is 1. The first-order valence-corrected chi connectivity index (χ1v) is 3.31. The average molecular weight is 127 g/mol. The summed E-state index contributed by atoms with van der Waals surface area (Å²) in [6.45, 7) is 11.5. The van der Waals surface area contributed by atoms with Gasteiger partial charge in [0, 0.05) is 7.85 Å². The van der Waals surface area contributed by atoms with E-state index in [9.17, 15) is 0 Å². The molecule has 0 nitrogen and oxygen atoms in total. The van der Waals surface area contributed by atoms with Gasteiger partial charge in [0.15, 0.2) is 0 Å². The summed E-state index contributed by atoms with van der Waals surface area (Å²) in [6.07, 6.45) is 0.844. The number of hydrogen-bond acceptors (Lipinski definition) is 0. The predicted molar refractivity (Wildman–Crippen MR) is 46.3 cm³/mol. The van der Waals surface area contributed by atoms with E-state index >= 15 is 0 Å². The van der Waals surface area contributed by atoms with E-state index < -0.39 is 0 Å². The fourth-order valence-electron chi connectivity index (χ4n) is 0.239. The van der Waals surface area contributed by atoms with Crippen LogP contribution in [0, 0.1) is 11.8 Å². The van der Waals surface area contributed by atoms with Gasteiger partial charge in [0.25, 0.3) is 0 Å². The molecule has 0 saturated heterocycles. The van der Waals surface area contributed by atoms with Crippen molar-refractivity contribution in [3.05, 3.63) is 12.2 Å². The molecule has 0 heterocycles. The molecule has 0 amide bonds. The Morgan fingerprint density at radius 1 is 1.56 bits per heavy atom. The summed E-state index contributed by atoms with van der Waals surface area (Å²) < 4.78 is 0. The molecule has 0 unspecified atom stereocenters. The van der Waals surface area contributed by atoms with E-state index in [1.807, 2.05) is 27.7 Å². The largest absolute Gasteiger partial charge is 0.106 e. The van der Waals surface area contributed by atoms with Crippen LogP contribution in [-0.4, -0.2) is 0 Å². The Bertz CT molecular complexity index is 114. The molecule has 0 radical (unpaired) electrons. The molecule has 0 aromatic rings. The molecular weight excluding hydrogens is 108 g/mol. The third kappa shape index (κ3) is 18.8. The van der Waals surface area contributed by atoms with Crippen LogP contribution in [0.25, 0.3) is 0 Å². The van der Waals surface area contributed by atoms with Crippen LogP contribution in [0.3, 0.4) is 0 Å². The standard InChI is InChI=1S/C7H10.C2H6.H2/c1-4-5-6-7(2)3;1-2;/h2,6H2,1,3H3;1-2H3;1H/i;;1+1. The molecule has 0 heteroatoms. The molecule has 54 valence electrons. The van der Waals surface area contributed by atoms with Gasteiger partial charge in [0.1, 0.15) is 0 Å². The highest BCUT2D eigenvalue weighted by Gasteiger charge is 1.73. The monoisotopic (exact) mass is 127 g/mol. The van der Waals surface area contributed by atoms with Crippen molar-refractivity contribution < 1.29 is 1.43 Å². The van der Waals surface area contributed by atoms with Gasteiger partial charge >= 0.3 is 0 Å². The molecule has 0 N–H and O–H groups in total. The van der Waals surface area contributed by atoms with E-state index in [0.29, 0.717) is 0 Å². The van der Waals surface area contributed by atoms with E-state index in [1.54, 1.807) is 0 Å². The molecule has 0 aromatic heterocycles. The Hall–Kier alpha value is -0.700. The maximum atomic E-state index is 3.69. The van der Waals surface area contributed by atoms with Crippen molar-refractivity contribution in [3.8, 4) is 11.8 Å². The molecule has 9 heavy (non-hydrogen) atoms. The van der Waals surface area contributed by atoms with Crippen LogP contribution < -0.4 is 0 Å². The third-order valence-corrected chi connectivity index (χ3v) is 0.567. The Kier molecular flexibility index (Phi) is 12.8. The van der Waals surface area contributed by atoms with Gasteiger partial charge in [-0.2, -0.15) is 0 Å². The second kappa shape index (κ2) is 10.3. The minimum atomic E-state index is 0. The van der Waals surface area contributed by atoms with Gasteiger partial charge < -0.3 is 0 Å². The molecule has 0 bridgehead atoms. The van der Waals surface area contributed by atoms with Crippen molar-refractivity contribution in [2.24, 2.45) is 0 Å². The summed E-state index contributed by atoms with van der Waals surface area (Å²) >= 11 is 0. The van der Waals surface area contributed by atoms with Crippen LogP contribution in [0.1, 0.15) is 35.5 Å². The molecule has 0 atom stereocenters. The second-order valence-electron chi connectivity index (χ2n) is 1.56. The summed E-state index contributed by atoms with van der Waals surface area (Å²) in [5.74, 6) is 5.69. The summed E-state index contributed by atoms with van der Waals surface area (Å²) in [5, 5.41) is 0. The van der Waals surface area contributed by atoms with Gasteiger partial charge in [-0.25, -0.2) is 0 Å². The fourth-order valence-corrected chi connectivity index (χ4v) is 0.239. The van der Waals surface area contributed by atoms with Crippen molar-refractivity contribution >= 4 is 0 Å². The van der Waals surface area contributed by atoms with E-state index in [0.717, 1.165) is 12.0 Å². The molecule has 0 saturated carbocycles. The lowest BCUT2D eigenvalue weighted by atomic mass is 10.2. The van der Waals surface area contributed by atoms with Gasteiger partial charge in [-0.15, -0.1) is 5.92 Å². The van der Waals surface area contributed by atoms with Crippen molar-refractivity contribution in [3.63, 3.8) is 0 Å². The van der Waals surface area contributed by atoms with E-state index in [4.69, 9.17) is 0 Å². The molecule has 0 aliphatic rings. The lowest BCUT2D eigenvalue weighted by molar-refractivity contribution is 1.27. The topological polar surface area (TPSA) is 0 Å². The van der Waals surface area contributed by atoms with E-state index in [-0.39, 0.29) is 1.43 Å². The molecule has 0 aromatic carbocycles. The highest BCUT2D eigenvalue weighted by atomic mass is 13.8. The Morgan fingerprint density at radius 2 is 2.00 bits per heavy atom. The zero-order valence-electron chi connectivity index (χ0n) is 6.91. The highest BCUT2D eigenvalue weighted by molar-refractivity contribution is 5.06. The zero-order valence-corrected chi connectivity index (χ0v) is 6.91. The van der Waals surface area contributed by atoms with Crippen molar-refractivity contribution in [2.75, 3.05) is 0 Å². The summed E-state index contributed by atoms with van der Waals surface area (Å²) in [6, 6.07) is 0. The Labute approximate surface area is 60.5 Å². The summed E-state index contributed by atoms with van der Waals surface area (Å²) in [4.78, 5) is 0. The number of hydrogen-bond donors (Lipinski definition) is 0. The number of rotatable bonds is 1. The average Bonchev–Trinajstić information content (AvgIpc) is 1.88. The van der Waals surface area contributed by atoms with Crippen LogP contribution in [0.4, 0.5) is 0 Å². The van der Waals surface area contributed by atoms with Gasteiger partial charge in [-0.05, 0) is 13.8 Å². The molecule has 0 aliphatic carbocycles. The van der Waals surface area contributed by atoms with Crippen LogP contribution in [0.15, 0.2) is 12.2 Å². The highest BCUT2D eigenvalue weighted by Crippen LogP contribution is 1.90. The van der Waals surface area contributed by atoms with Crippen LogP contribution in [0.2, 0.25) is 0 Å². The lowest BCUT2D eigenvalue weighted by Gasteiger charge is -1.81. The van der Waals surface area contributed by atoms with Crippen LogP contribution >= 0.6 is 0 Å². The lowest BCUT2D eigenvalue weighted by Crippen LogP contribution is -1.64. The van der Waals surface area contributed by atoms with Crippen LogP contribution in [-0.2, 0) is 0 Å². The quantitative estimate of drug-likeness (QED) is 0.374. The maximum absolute atomic E-state index is 3.69. The third-order valence-electron chi connectivity index (χ3n) is 0.567. The first-order valence-electron chi connectivity index (χ1n) is 3.31. The smallest absolute Gasteiger partial charge is 0.0293 e. The summed E-state index contributed by atoms with van der Waals surface area (Å²) in [7, 11) is 0. The summed E-state index contributed by atoms with van der Waals surface area (Å²) in [5.41, 5.74) is 1.13. The molecule has 0 fully saturated rings. The SMILES string of the molecule is C=C(C)CC#CC.CC.[2HH]. The Balaban J connectivity index is -0.000000149. The first kappa shape index (κ1) is 11.1. The van der Waals surface area contributed by atoms with Gasteiger partial charge in [0.05, 0.1) is 0 Å².